The molecule has 38 heavy (non-hydrogen) atoms. The first-order valence-electron chi connectivity index (χ1n) is 11.8. The number of hydrogen-bond acceptors (Lipinski definition) is 7. The molecule has 0 atom stereocenters. The van der Waals surface area contributed by atoms with E-state index in [1.165, 1.54) is 18.4 Å². The highest BCUT2D eigenvalue weighted by Crippen LogP contribution is 2.34. The number of carboxylic acid groups (broad SMARTS) is 1. The number of nitrogens with one attached hydrogen (secondary N) is 1. The number of carbonyl (C=O) groups excluding carboxylic acids is 1. The second-order valence-electron chi connectivity index (χ2n) is 8.52. The maximum atomic E-state index is 12.3. The van der Waals surface area contributed by atoms with Gasteiger partial charge in [-0.1, -0.05) is 29.8 Å². The average Bonchev–Trinajstić information content (AvgIpc) is 3.42. The Balaban J connectivity index is 1.55. The van der Waals surface area contributed by atoms with Crippen LogP contribution in [0.2, 0.25) is 0 Å². The maximum Gasteiger partial charge on any atom is 0.316 e. The van der Waals surface area contributed by atoms with E-state index in [1.54, 1.807) is 24.3 Å². The lowest BCUT2D eigenvalue weighted by Crippen LogP contribution is -2.26. The van der Waals surface area contributed by atoms with Crippen LogP contribution in [-0.2, 0) is 16.2 Å². The van der Waals surface area contributed by atoms with Gasteiger partial charge in [-0.3, -0.25) is 9.59 Å². The summed E-state index contributed by atoms with van der Waals surface area (Å²) >= 11 is 1.51. The number of carbonyl (C=O) groups is 2. The first-order valence-corrected chi connectivity index (χ1v) is 12.7. The summed E-state index contributed by atoms with van der Waals surface area (Å²) in [6.45, 7) is 2.63. The van der Waals surface area contributed by atoms with E-state index in [2.05, 4.69) is 10.2 Å². The van der Waals surface area contributed by atoms with Crippen LogP contribution in [0.4, 0.5) is 16.5 Å². The highest BCUT2D eigenvalue weighted by Gasteiger charge is 2.18. The van der Waals surface area contributed by atoms with Gasteiger partial charge in [0.15, 0.2) is 12.2 Å². The minimum absolute atomic E-state index is 0.0771. The smallest absolute Gasteiger partial charge is 0.316 e. The fourth-order valence-corrected chi connectivity index (χ4v) is 4.56. The first-order chi connectivity index (χ1) is 18.3. The van der Waals surface area contributed by atoms with Gasteiger partial charge in [-0.05, 0) is 48.9 Å². The van der Waals surface area contributed by atoms with E-state index in [9.17, 15) is 14.5 Å². The number of anilines is 2. The summed E-state index contributed by atoms with van der Waals surface area (Å²) in [5, 5.41) is 14.1. The summed E-state index contributed by atoms with van der Waals surface area (Å²) in [6.07, 6.45) is -0.125. The molecule has 3 aromatic carbocycles. The van der Waals surface area contributed by atoms with Crippen molar-refractivity contribution in [1.82, 2.24) is 10.3 Å². The zero-order valence-corrected chi connectivity index (χ0v) is 21.8. The maximum absolute atomic E-state index is 12.3. The molecule has 1 heterocycles. The fourth-order valence-electron chi connectivity index (χ4n) is 3.70. The molecule has 0 unspecified atom stereocenters. The van der Waals surface area contributed by atoms with Crippen molar-refractivity contribution in [3.05, 3.63) is 99.8 Å². The number of carboxylic acids is 1. The number of aryl methyl sites for hydroxylation is 1. The normalized spacial score (nSPS) is 10.6. The number of hydrogen-bond donors (Lipinski definition) is 2. The molecule has 194 valence electrons. The molecular weight excluding hydrogens is 504 g/mol. The van der Waals surface area contributed by atoms with Crippen molar-refractivity contribution in [2.24, 2.45) is 0 Å². The zero-order chi connectivity index (χ0) is 27.1. The standard InChI is InChI=1S/C28H26N4O5S/c1-19-3-11-23(12-4-19)31(17-20-5-7-22(8-6-20)27(35)29-16-15-26(33)34)28-30-25(18-38-28)21-9-13-24(14-10-21)32(36)37-2/h3-14,18H,15-17H2,1-2H3,(H-,29,33,34,35)/p+1. The van der Waals surface area contributed by atoms with Crippen LogP contribution in [0.25, 0.3) is 11.3 Å². The third kappa shape index (κ3) is 6.60. The Labute approximate surface area is 223 Å². The number of aliphatic carboxylic acids is 1. The van der Waals surface area contributed by atoms with Crippen LogP contribution < -0.4 is 10.2 Å². The molecule has 1 amide bonds. The van der Waals surface area contributed by atoms with Crippen molar-refractivity contribution in [3.63, 3.8) is 0 Å². The van der Waals surface area contributed by atoms with Crippen LogP contribution >= 0.6 is 11.3 Å². The van der Waals surface area contributed by atoms with Crippen molar-refractivity contribution < 1.29 is 24.5 Å². The zero-order valence-electron chi connectivity index (χ0n) is 21.0. The second-order valence-corrected chi connectivity index (χ2v) is 9.36. The van der Waals surface area contributed by atoms with E-state index >= 15 is 0 Å². The van der Waals surface area contributed by atoms with Crippen molar-refractivity contribution in [2.75, 3.05) is 18.6 Å². The molecule has 0 aliphatic heterocycles. The van der Waals surface area contributed by atoms with Crippen molar-refractivity contribution >= 4 is 39.7 Å². The van der Waals surface area contributed by atoms with Gasteiger partial charge >= 0.3 is 11.7 Å². The molecule has 0 fully saturated rings. The quantitative estimate of drug-likeness (QED) is 0.241. The number of benzene rings is 3. The van der Waals surface area contributed by atoms with Gasteiger partial charge in [-0.15, -0.1) is 11.3 Å². The molecule has 1 aromatic heterocycles. The van der Waals surface area contributed by atoms with E-state index in [0.717, 1.165) is 33.2 Å². The molecule has 0 bridgehead atoms. The van der Waals surface area contributed by atoms with Crippen molar-refractivity contribution in [2.45, 2.75) is 19.9 Å². The van der Waals surface area contributed by atoms with Crippen LogP contribution in [0.1, 0.15) is 27.9 Å². The van der Waals surface area contributed by atoms with Gasteiger partial charge in [0.05, 0.1) is 23.6 Å². The molecule has 0 saturated heterocycles. The highest BCUT2D eigenvalue weighted by atomic mass is 32.1. The summed E-state index contributed by atoms with van der Waals surface area (Å²) < 4.78 is 0. The van der Waals surface area contributed by atoms with Gasteiger partial charge in [0, 0.05) is 40.9 Å². The summed E-state index contributed by atoms with van der Waals surface area (Å²) in [4.78, 5) is 46.8. The van der Waals surface area contributed by atoms with Crippen LogP contribution in [0.5, 0.6) is 0 Å². The monoisotopic (exact) mass is 531 g/mol. The Kier molecular flexibility index (Phi) is 8.44. The Hall–Kier alpha value is -4.57. The van der Waals surface area contributed by atoms with Gasteiger partial charge in [0.25, 0.3) is 10.8 Å². The lowest BCUT2D eigenvalue weighted by atomic mass is 10.1. The molecule has 2 N–H and O–H groups in total. The SMILES string of the molecule is CO[N+](=O)c1ccc(-c2csc(N(Cc3ccc(C(=O)NCCC(=O)O)cc3)c3ccc(C)cc3)n2)cc1. The topological polar surface area (TPSA) is 112 Å². The fraction of sp³-hybridized carbons (Fsp3) is 0.179. The molecule has 0 aliphatic carbocycles. The molecular formula is C28H27N4O5S+. The van der Waals surface area contributed by atoms with Gasteiger partial charge in [0.2, 0.25) is 0 Å². The van der Waals surface area contributed by atoms with E-state index in [-0.39, 0.29) is 18.9 Å². The summed E-state index contributed by atoms with van der Waals surface area (Å²) in [6, 6.07) is 22.4. The van der Waals surface area contributed by atoms with Crippen LogP contribution in [0.3, 0.4) is 0 Å². The van der Waals surface area contributed by atoms with E-state index in [4.69, 9.17) is 14.9 Å². The highest BCUT2D eigenvalue weighted by molar-refractivity contribution is 7.14. The lowest BCUT2D eigenvalue weighted by molar-refractivity contribution is -0.736. The van der Waals surface area contributed by atoms with Gasteiger partial charge in [-0.2, -0.15) is 0 Å². The molecule has 0 spiro atoms. The first kappa shape index (κ1) is 26.5. The largest absolute Gasteiger partial charge is 0.481 e. The predicted molar refractivity (Wildman–Crippen MR) is 146 cm³/mol. The van der Waals surface area contributed by atoms with Gasteiger partial charge in [0.1, 0.15) is 0 Å². The van der Waals surface area contributed by atoms with Gasteiger partial charge in [-0.25, -0.2) is 9.82 Å². The Morgan fingerprint density at radius 2 is 1.71 bits per heavy atom. The molecule has 10 heteroatoms. The average molecular weight is 532 g/mol. The third-order valence-corrected chi connectivity index (χ3v) is 6.65. The van der Waals surface area contributed by atoms with Gasteiger partial charge < -0.3 is 15.3 Å². The number of thiazole rings is 1. The minimum Gasteiger partial charge on any atom is -0.481 e. The third-order valence-electron chi connectivity index (χ3n) is 5.79. The minimum atomic E-state index is -0.959. The Morgan fingerprint density at radius 3 is 2.34 bits per heavy atom. The predicted octanol–water partition coefficient (Wildman–Crippen LogP) is 5.63. The van der Waals surface area contributed by atoms with Crippen molar-refractivity contribution in [1.29, 1.82) is 0 Å². The second kappa shape index (κ2) is 12.1. The summed E-state index contributed by atoms with van der Waals surface area (Å²) in [7, 11) is 1.32. The Bertz CT molecular complexity index is 1420. The van der Waals surface area contributed by atoms with Crippen molar-refractivity contribution in [3.8, 4) is 11.3 Å². The Morgan fingerprint density at radius 1 is 1.03 bits per heavy atom. The lowest BCUT2D eigenvalue weighted by Gasteiger charge is -2.22. The molecule has 4 rings (SSSR count). The summed E-state index contributed by atoms with van der Waals surface area (Å²) in [5.74, 6) is -1.27. The number of nitrogens with zero attached hydrogens (tertiary/aromatic N) is 3. The van der Waals surface area contributed by atoms with Crippen LogP contribution in [0.15, 0.2) is 78.2 Å². The van der Waals surface area contributed by atoms with E-state index < -0.39 is 5.97 Å². The molecule has 0 saturated carbocycles. The molecule has 0 radical (unpaired) electrons. The number of amides is 1. The van der Waals surface area contributed by atoms with E-state index in [0.29, 0.717) is 22.7 Å². The summed E-state index contributed by atoms with van der Waals surface area (Å²) in [5.41, 5.74) is 5.63. The molecule has 9 nitrogen and oxygen atoms in total. The molecule has 0 aliphatic rings. The number of aromatic nitrogens is 1. The number of rotatable bonds is 11. The molecule has 4 aromatic rings. The van der Waals surface area contributed by atoms with Crippen LogP contribution in [0, 0.1) is 11.8 Å². The van der Waals surface area contributed by atoms with Crippen LogP contribution in [-0.4, -0.2) is 40.5 Å². The van der Waals surface area contributed by atoms with E-state index in [1.807, 2.05) is 60.8 Å².